The maximum absolute atomic E-state index is 13.4. The molecule has 0 fully saturated rings. The standard InChI is InChI=1S/C25H33FN2O3S/c1-5-18(4)28(24(29)14-17(2)3)15-25(30)27-12-10-23-21(11-13-32-23)22(27)16-31-20-8-6-19(26)7-9-20/h6-9,11,13,17-18,22H,5,10,12,14-16H2,1-4H3/t18-,22+/m1/s1. The second-order valence-corrected chi connectivity index (χ2v) is 9.79. The first kappa shape index (κ1) is 24.2. The lowest BCUT2D eigenvalue weighted by Crippen LogP contribution is -2.50. The van der Waals surface area contributed by atoms with Crippen LogP contribution < -0.4 is 4.74 Å². The van der Waals surface area contributed by atoms with Crippen molar-refractivity contribution in [3.05, 3.63) is 52.0 Å². The van der Waals surface area contributed by atoms with Gasteiger partial charge in [-0.2, -0.15) is 0 Å². The highest BCUT2D eigenvalue weighted by atomic mass is 32.1. The average molecular weight is 461 g/mol. The molecule has 174 valence electrons. The van der Waals surface area contributed by atoms with E-state index >= 15 is 0 Å². The molecule has 1 aliphatic heterocycles. The molecule has 0 saturated carbocycles. The minimum absolute atomic E-state index is 0.000569. The number of thiophene rings is 1. The molecule has 2 heterocycles. The third-order valence-electron chi connectivity index (χ3n) is 5.97. The number of carbonyl (C=O) groups is 2. The molecule has 0 aliphatic carbocycles. The lowest BCUT2D eigenvalue weighted by molar-refractivity contribution is -0.144. The zero-order valence-electron chi connectivity index (χ0n) is 19.3. The van der Waals surface area contributed by atoms with Crippen molar-refractivity contribution in [2.45, 2.75) is 59.0 Å². The lowest BCUT2D eigenvalue weighted by atomic mass is 10.00. The van der Waals surface area contributed by atoms with E-state index < -0.39 is 0 Å². The molecule has 2 atom stereocenters. The summed E-state index contributed by atoms with van der Waals surface area (Å²) in [6, 6.07) is 7.72. The van der Waals surface area contributed by atoms with Crippen molar-refractivity contribution < 1.29 is 18.7 Å². The Morgan fingerprint density at radius 2 is 1.94 bits per heavy atom. The van der Waals surface area contributed by atoms with Crippen LogP contribution in [-0.2, 0) is 16.0 Å². The third-order valence-corrected chi connectivity index (χ3v) is 6.96. The molecule has 2 amide bonds. The Morgan fingerprint density at radius 3 is 2.59 bits per heavy atom. The minimum atomic E-state index is -0.317. The molecule has 0 bridgehead atoms. The maximum Gasteiger partial charge on any atom is 0.242 e. The summed E-state index contributed by atoms with van der Waals surface area (Å²) in [6.07, 6.45) is 2.03. The summed E-state index contributed by atoms with van der Waals surface area (Å²) in [6.45, 7) is 9.00. The molecule has 0 saturated heterocycles. The Labute approximate surface area is 194 Å². The van der Waals surface area contributed by atoms with Crippen molar-refractivity contribution in [2.75, 3.05) is 19.7 Å². The van der Waals surface area contributed by atoms with E-state index in [9.17, 15) is 14.0 Å². The summed E-state index contributed by atoms with van der Waals surface area (Å²) in [5.74, 6) is 0.448. The number of benzene rings is 1. The van der Waals surface area contributed by atoms with E-state index in [0.717, 1.165) is 18.4 Å². The van der Waals surface area contributed by atoms with Crippen molar-refractivity contribution in [3.63, 3.8) is 0 Å². The first-order chi connectivity index (χ1) is 15.3. The predicted molar refractivity (Wildman–Crippen MR) is 125 cm³/mol. The van der Waals surface area contributed by atoms with E-state index in [1.807, 2.05) is 38.0 Å². The van der Waals surface area contributed by atoms with Crippen molar-refractivity contribution >= 4 is 23.2 Å². The molecule has 5 nitrogen and oxygen atoms in total. The summed E-state index contributed by atoms with van der Waals surface area (Å²) in [4.78, 5) is 31.1. The van der Waals surface area contributed by atoms with Gasteiger partial charge < -0.3 is 14.5 Å². The highest BCUT2D eigenvalue weighted by Crippen LogP contribution is 2.34. The van der Waals surface area contributed by atoms with E-state index in [0.29, 0.717) is 18.7 Å². The van der Waals surface area contributed by atoms with Crippen LogP contribution in [0.15, 0.2) is 35.7 Å². The molecule has 0 spiro atoms. The summed E-state index contributed by atoms with van der Waals surface area (Å²) >= 11 is 1.69. The predicted octanol–water partition coefficient (Wildman–Crippen LogP) is 5.07. The fraction of sp³-hybridized carbons (Fsp3) is 0.520. The monoisotopic (exact) mass is 460 g/mol. The van der Waals surface area contributed by atoms with Gasteiger partial charge in [-0.15, -0.1) is 11.3 Å². The zero-order valence-corrected chi connectivity index (χ0v) is 20.2. The van der Waals surface area contributed by atoms with Crippen LogP contribution in [0.3, 0.4) is 0 Å². The number of carbonyl (C=O) groups excluding carboxylic acids is 2. The SMILES string of the molecule is CC[C@@H](C)N(CC(=O)N1CCc2sccc2[C@@H]1COc1ccc(F)cc1)C(=O)CC(C)C. The second kappa shape index (κ2) is 10.9. The van der Waals surface area contributed by atoms with Gasteiger partial charge in [0.25, 0.3) is 0 Å². The van der Waals surface area contributed by atoms with Gasteiger partial charge in [0.1, 0.15) is 24.7 Å². The van der Waals surface area contributed by atoms with Crippen molar-refractivity contribution in [2.24, 2.45) is 5.92 Å². The van der Waals surface area contributed by atoms with Crippen LogP contribution in [0.25, 0.3) is 0 Å². The van der Waals surface area contributed by atoms with E-state index in [1.54, 1.807) is 28.4 Å². The Hall–Kier alpha value is -2.41. The van der Waals surface area contributed by atoms with Gasteiger partial charge >= 0.3 is 0 Å². The summed E-state index contributed by atoms with van der Waals surface area (Å²) in [5, 5.41) is 2.04. The largest absolute Gasteiger partial charge is 0.491 e. The van der Waals surface area contributed by atoms with Gasteiger partial charge in [-0.05, 0) is 67.0 Å². The van der Waals surface area contributed by atoms with Crippen LogP contribution in [0.2, 0.25) is 0 Å². The summed E-state index contributed by atoms with van der Waals surface area (Å²) < 4.78 is 19.2. The molecule has 0 N–H and O–H groups in total. The smallest absolute Gasteiger partial charge is 0.242 e. The van der Waals surface area contributed by atoms with Crippen molar-refractivity contribution in [1.82, 2.24) is 9.80 Å². The zero-order chi connectivity index (χ0) is 23.3. The maximum atomic E-state index is 13.4. The van der Waals surface area contributed by atoms with Gasteiger partial charge in [0, 0.05) is 23.9 Å². The normalized spacial score (nSPS) is 16.6. The van der Waals surface area contributed by atoms with Gasteiger partial charge in [-0.3, -0.25) is 9.59 Å². The number of halogens is 1. The molecule has 1 aliphatic rings. The molecule has 1 aromatic carbocycles. The van der Waals surface area contributed by atoms with E-state index in [2.05, 4.69) is 6.07 Å². The molecule has 3 rings (SSSR count). The topological polar surface area (TPSA) is 49.9 Å². The quantitative estimate of drug-likeness (QED) is 0.525. The Bertz CT molecular complexity index is 912. The minimum Gasteiger partial charge on any atom is -0.491 e. The van der Waals surface area contributed by atoms with Crippen LogP contribution in [0.4, 0.5) is 4.39 Å². The summed E-state index contributed by atoms with van der Waals surface area (Å²) in [7, 11) is 0. The molecule has 32 heavy (non-hydrogen) atoms. The molecule has 1 aromatic heterocycles. The van der Waals surface area contributed by atoms with E-state index in [-0.39, 0.29) is 48.8 Å². The molecule has 0 radical (unpaired) electrons. The Kier molecular flexibility index (Phi) is 8.29. The number of amides is 2. The number of ether oxygens (including phenoxy) is 1. The highest BCUT2D eigenvalue weighted by Gasteiger charge is 2.34. The Morgan fingerprint density at radius 1 is 1.22 bits per heavy atom. The second-order valence-electron chi connectivity index (χ2n) is 8.79. The van der Waals surface area contributed by atoms with Crippen LogP contribution in [0.5, 0.6) is 5.75 Å². The van der Waals surface area contributed by atoms with Crippen molar-refractivity contribution in [1.29, 1.82) is 0 Å². The number of nitrogens with zero attached hydrogens (tertiary/aromatic N) is 2. The van der Waals surface area contributed by atoms with Gasteiger partial charge in [0.05, 0.1) is 6.04 Å². The number of rotatable bonds is 9. The number of hydrogen-bond acceptors (Lipinski definition) is 4. The third kappa shape index (κ3) is 5.88. The van der Waals surface area contributed by atoms with Gasteiger partial charge in [-0.1, -0.05) is 20.8 Å². The first-order valence-electron chi connectivity index (χ1n) is 11.3. The van der Waals surface area contributed by atoms with Crippen LogP contribution in [0.1, 0.15) is 57.0 Å². The summed E-state index contributed by atoms with van der Waals surface area (Å²) in [5.41, 5.74) is 1.10. The molecular formula is C25H33FN2O3S. The Balaban J connectivity index is 1.77. The molecule has 0 unspecified atom stereocenters. The fourth-order valence-corrected chi connectivity index (χ4v) is 4.92. The van der Waals surface area contributed by atoms with Crippen LogP contribution in [0, 0.1) is 11.7 Å². The van der Waals surface area contributed by atoms with E-state index in [4.69, 9.17) is 4.74 Å². The van der Waals surface area contributed by atoms with Gasteiger partial charge in [0.2, 0.25) is 11.8 Å². The van der Waals surface area contributed by atoms with Gasteiger partial charge in [-0.25, -0.2) is 4.39 Å². The van der Waals surface area contributed by atoms with E-state index in [1.165, 1.54) is 17.0 Å². The van der Waals surface area contributed by atoms with Gasteiger partial charge in [0.15, 0.2) is 0 Å². The molecule has 2 aromatic rings. The highest BCUT2D eigenvalue weighted by molar-refractivity contribution is 7.10. The lowest BCUT2D eigenvalue weighted by Gasteiger charge is -2.38. The number of hydrogen-bond donors (Lipinski definition) is 0. The first-order valence-corrected chi connectivity index (χ1v) is 12.2. The van der Waals surface area contributed by atoms with Crippen LogP contribution >= 0.6 is 11.3 Å². The average Bonchev–Trinajstić information content (AvgIpc) is 3.24. The fourth-order valence-electron chi connectivity index (χ4n) is 3.99. The van der Waals surface area contributed by atoms with Crippen molar-refractivity contribution in [3.8, 4) is 5.75 Å². The van der Waals surface area contributed by atoms with Crippen LogP contribution in [-0.4, -0.2) is 47.4 Å². The molecule has 7 heteroatoms. The molecular weight excluding hydrogens is 427 g/mol. The number of fused-ring (bicyclic) bond motifs is 1.